The summed E-state index contributed by atoms with van der Waals surface area (Å²) in [6.07, 6.45) is -3.34. The third kappa shape index (κ3) is 7.88. The maximum atomic E-state index is 12.7. The normalized spacial score (nSPS) is 18.5. The number of aliphatic imine (C=N–C) groups is 1. The highest BCUT2D eigenvalue weighted by Gasteiger charge is 2.41. The molecule has 0 aromatic rings. The van der Waals surface area contributed by atoms with E-state index in [1.807, 2.05) is 11.8 Å². The molecule has 0 spiro atoms. The third-order valence-corrected chi connectivity index (χ3v) is 3.74. The van der Waals surface area contributed by atoms with Gasteiger partial charge >= 0.3 is 6.18 Å². The van der Waals surface area contributed by atoms with E-state index in [1.54, 1.807) is 7.11 Å². The zero-order valence-electron chi connectivity index (χ0n) is 14.0. The Morgan fingerprint density at radius 2 is 1.87 bits per heavy atom. The number of guanidine groups is 1. The van der Waals surface area contributed by atoms with E-state index in [-0.39, 0.29) is 24.0 Å². The minimum Gasteiger partial charge on any atom is -0.385 e. The van der Waals surface area contributed by atoms with Crippen molar-refractivity contribution in [3.8, 4) is 0 Å². The first-order valence-electron chi connectivity index (χ1n) is 7.73. The lowest BCUT2D eigenvalue weighted by atomic mass is 10.2. The highest BCUT2D eigenvalue weighted by molar-refractivity contribution is 14.0. The first-order chi connectivity index (χ1) is 10.4. The van der Waals surface area contributed by atoms with Crippen LogP contribution < -0.4 is 5.32 Å². The molecule has 1 N–H and O–H groups in total. The molecular formula is C14H28F3IN4O. The van der Waals surface area contributed by atoms with E-state index in [9.17, 15) is 13.2 Å². The third-order valence-electron chi connectivity index (χ3n) is 3.74. The van der Waals surface area contributed by atoms with Gasteiger partial charge in [0, 0.05) is 53.0 Å². The Kier molecular flexibility index (Phi) is 11.2. The van der Waals surface area contributed by atoms with Crippen LogP contribution in [0.4, 0.5) is 13.2 Å². The van der Waals surface area contributed by atoms with Gasteiger partial charge in [0.1, 0.15) is 6.04 Å². The summed E-state index contributed by atoms with van der Waals surface area (Å²) in [6.45, 7) is 7.13. The number of methoxy groups -OCH3 is 1. The molecule has 1 heterocycles. The van der Waals surface area contributed by atoms with Crippen molar-refractivity contribution in [2.75, 3.05) is 53.0 Å². The van der Waals surface area contributed by atoms with Crippen LogP contribution in [-0.2, 0) is 4.74 Å². The van der Waals surface area contributed by atoms with Gasteiger partial charge in [-0.1, -0.05) is 0 Å². The SMILES string of the molecule is CCNC(=NCCCOC)N1CCN(C(C)C(F)(F)F)CC1.I. The van der Waals surface area contributed by atoms with Gasteiger partial charge in [-0.2, -0.15) is 13.2 Å². The topological polar surface area (TPSA) is 40.1 Å². The van der Waals surface area contributed by atoms with Gasteiger partial charge < -0.3 is 15.0 Å². The zero-order valence-corrected chi connectivity index (χ0v) is 16.4. The first-order valence-corrected chi connectivity index (χ1v) is 7.73. The Morgan fingerprint density at radius 1 is 1.26 bits per heavy atom. The summed E-state index contributed by atoms with van der Waals surface area (Å²) < 4.78 is 43.2. The Labute approximate surface area is 153 Å². The smallest absolute Gasteiger partial charge is 0.385 e. The average Bonchev–Trinajstić information content (AvgIpc) is 2.49. The van der Waals surface area contributed by atoms with Gasteiger partial charge in [0.25, 0.3) is 0 Å². The van der Waals surface area contributed by atoms with E-state index < -0.39 is 12.2 Å². The molecule has 1 unspecified atom stereocenters. The molecule has 0 amide bonds. The number of alkyl halides is 3. The van der Waals surface area contributed by atoms with Crippen molar-refractivity contribution in [1.82, 2.24) is 15.1 Å². The van der Waals surface area contributed by atoms with Crippen molar-refractivity contribution in [3.63, 3.8) is 0 Å². The zero-order chi connectivity index (χ0) is 16.6. The Balaban J connectivity index is 0.00000484. The molecule has 0 aliphatic carbocycles. The van der Waals surface area contributed by atoms with Crippen molar-refractivity contribution < 1.29 is 17.9 Å². The van der Waals surface area contributed by atoms with Crippen LogP contribution in [0, 0.1) is 0 Å². The number of hydrogen-bond donors (Lipinski definition) is 1. The molecular weight excluding hydrogens is 424 g/mol. The molecule has 1 fully saturated rings. The minimum atomic E-state index is -4.17. The van der Waals surface area contributed by atoms with E-state index in [4.69, 9.17) is 4.74 Å². The van der Waals surface area contributed by atoms with Gasteiger partial charge in [-0.25, -0.2) is 0 Å². The lowest BCUT2D eigenvalue weighted by Gasteiger charge is -2.39. The van der Waals surface area contributed by atoms with Crippen molar-refractivity contribution >= 4 is 29.9 Å². The molecule has 1 saturated heterocycles. The predicted molar refractivity (Wildman–Crippen MR) is 96.5 cm³/mol. The summed E-state index contributed by atoms with van der Waals surface area (Å²) in [4.78, 5) is 8.00. The van der Waals surface area contributed by atoms with Crippen LogP contribution in [-0.4, -0.2) is 81.0 Å². The molecule has 1 atom stereocenters. The second-order valence-corrected chi connectivity index (χ2v) is 5.32. The largest absolute Gasteiger partial charge is 0.403 e. The Hall–Kier alpha value is -0.290. The van der Waals surface area contributed by atoms with Crippen LogP contribution in [0.5, 0.6) is 0 Å². The van der Waals surface area contributed by atoms with Crippen LogP contribution in [0.2, 0.25) is 0 Å². The average molecular weight is 452 g/mol. The number of ether oxygens (including phenoxy) is 1. The molecule has 0 aromatic carbocycles. The van der Waals surface area contributed by atoms with Crippen LogP contribution >= 0.6 is 24.0 Å². The molecule has 1 rings (SSSR count). The Morgan fingerprint density at radius 3 is 2.35 bits per heavy atom. The van der Waals surface area contributed by atoms with Gasteiger partial charge in [-0.15, -0.1) is 24.0 Å². The molecule has 0 saturated carbocycles. The molecule has 9 heteroatoms. The second-order valence-electron chi connectivity index (χ2n) is 5.32. The van der Waals surface area contributed by atoms with Gasteiger partial charge in [-0.3, -0.25) is 9.89 Å². The van der Waals surface area contributed by atoms with Crippen molar-refractivity contribution in [2.24, 2.45) is 4.99 Å². The molecule has 1 aliphatic rings. The van der Waals surface area contributed by atoms with E-state index in [1.165, 1.54) is 11.8 Å². The molecule has 1 aliphatic heterocycles. The summed E-state index contributed by atoms with van der Waals surface area (Å²) >= 11 is 0. The van der Waals surface area contributed by atoms with Gasteiger partial charge in [-0.05, 0) is 20.3 Å². The van der Waals surface area contributed by atoms with E-state index in [0.29, 0.717) is 39.3 Å². The van der Waals surface area contributed by atoms with Crippen molar-refractivity contribution in [1.29, 1.82) is 0 Å². The molecule has 138 valence electrons. The van der Waals surface area contributed by atoms with Crippen LogP contribution in [0.25, 0.3) is 0 Å². The monoisotopic (exact) mass is 452 g/mol. The fourth-order valence-electron chi connectivity index (χ4n) is 2.35. The number of rotatable bonds is 6. The van der Waals surface area contributed by atoms with E-state index >= 15 is 0 Å². The number of hydrogen-bond acceptors (Lipinski definition) is 3. The second kappa shape index (κ2) is 11.3. The summed E-state index contributed by atoms with van der Waals surface area (Å²) in [6, 6.07) is -1.39. The minimum absolute atomic E-state index is 0. The summed E-state index contributed by atoms with van der Waals surface area (Å²) in [7, 11) is 1.65. The maximum absolute atomic E-state index is 12.7. The van der Waals surface area contributed by atoms with Crippen molar-refractivity contribution in [3.05, 3.63) is 0 Å². The molecule has 0 bridgehead atoms. The highest BCUT2D eigenvalue weighted by atomic mass is 127. The van der Waals surface area contributed by atoms with Crippen molar-refractivity contribution in [2.45, 2.75) is 32.5 Å². The van der Waals surface area contributed by atoms with E-state index in [0.717, 1.165) is 18.9 Å². The van der Waals surface area contributed by atoms with Crippen LogP contribution in [0.15, 0.2) is 4.99 Å². The van der Waals surface area contributed by atoms with Gasteiger partial charge in [0.2, 0.25) is 0 Å². The maximum Gasteiger partial charge on any atom is 0.403 e. The summed E-state index contributed by atoms with van der Waals surface area (Å²) in [5.41, 5.74) is 0. The standard InChI is InChI=1S/C14H27F3N4O.HI/c1-4-18-13(19-6-5-11-22-3)21-9-7-20(8-10-21)12(2)14(15,16)17;/h12H,4-11H2,1-3H3,(H,18,19);1H. The van der Waals surface area contributed by atoms with Gasteiger partial charge in [0.05, 0.1) is 0 Å². The highest BCUT2D eigenvalue weighted by Crippen LogP contribution is 2.25. The molecule has 0 radical (unpaired) electrons. The van der Waals surface area contributed by atoms with E-state index in [2.05, 4.69) is 10.3 Å². The number of halogens is 4. The first kappa shape index (κ1) is 22.7. The quantitative estimate of drug-likeness (QED) is 0.290. The fraction of sp³-hybridized carbons (Fsp3) is 0.929. The predicted octanol–water partition coefficient (Wildman–Crippen LogP) is 2.17. The molecule has 23 heavy (non-hydrogen) atoms. The lowest BCUT2D eigenvalue weighted by molar-refractivity contribution is -0.181. The summed E-state index contributed by atoms with van der Waals surface area (Å²) in [5, 5.41) is 3.20. The van der Waals surface area contributed by atoms with Gasteiger partial charge in [0.15, 0.2) is 5.96 Å². The molecule has 0 aromatic heterocycles. The number of nitrogens with one attached hydrogen (secondary N) is 1. The lowest BCUT2D eigenvalue weighted by Crippen LogP contribution is -2.56. The number of nitrogens with zero attached hydrogens (tertiary/aromatic N) is 3. The number of piperazine rings is 1. The van der Waals surface area contributed by atoms with Crippen LogP contribution in [0.1, 0.15) is 20.3 Å². The van der Waals surface area contributed by atoms with Crippen LogP contribution in [0.3, 0.4) is 0 Å². The summed E-state index contributed by atoms with van der Waals surface area (Å²) in [5.74, 6) is 0.776. The molecule has 5 nitrogen and oxygen atoms in total. The Bertz CT molecular complexity index is 347. The fourth-order valence-corrected chi connectivity index (χ4v) is 2.35.